The van der Waals surface area contributed by atoms with Crippen molar-refractivity contribution in [1.29, 1.82) is 0 Å². The average molecular weight is 614 g/mol. The van der Waals surface area contributed by atoms with Crippen molar-refractivity contribution in [2.45, 2.75) is 59.0 Å². The lowest BCUT2D eigenvalue weighted by Crippen LogP contribution is -2.40. The fraction of sp³-hybridized carbons (Fsp3) is 0.406. The Morgan fingerprint density at radius 1 is 1.00 bits per heavy atom. The molecule has 0 bridgehead atoms. The molecule has 1 unspecified atom stereocenters. The number of nitrogens with one attached hydrogen (secondary N) is 1. The summed E-state index contributed by atoms with van der Waals surface area (Å²) in [7, 11) is -6.60. The Morgan fingerprint density at radius 3 is 2.33 bits per heavy atom. The number of rotatable bonds is 9. The SMILES string of the molecule is C.Cc1cc(OCCCS(C)(=O)=O)cc(C)c1-c1cccc2c1CC[C@H]2Oc1ccc(C2CC(=O)NS(=O)(=O)C2)cc1. The number of hydrogen-bond donors (Lipinski definition) is 1. The quantitative estimate of drug-likeness (QED) is 0.321. The molecule has 3 aromatic carbocycles. The van der Waals surface area contributed by atoms with E-state index < -0.39 is 25.8 Å². The molecule has 1 fully saturated rings. The molecular weight excluding hydrogens is 574 g/mol. The third-order valence-electron chi connectivity index (χ3n) is 7.67. The van der Waals surface area contributed by atoms with E-state index in [1.54, 1.807) is 0 Å². The molecule has 1 aliphatic heterocycles. The van der Waals surface area contributed by atoms with Crippen LogP contribution in [-0.2, 0) is 31.1 Å². The Kier molecular flexibility index (Phi) is 9.37. The Labute approximate surface area is 249 Å². The van der Waals surface area contributed by atoms with Crippen LogP contribution in [-0.4, -0.2) is 47.1 Å². The van der Waals surface area contributed by atoms with E-state index in [4.69, 9.17) is 9.47 Å². The lowest BCUT2D eigenvalue weighted by atomic mass is 9.90. The predicted molar refractivity (Wildman–Crippen MR) is 165 cm³/mol. The zero-order valence-electron chi connectivity index (χ0n) is 23.5. The molecule has 1 amide bonds. The van der Waals surface area contributed by atoms with Gasteiger partial charge in [0.2, 0.25) is 15.9 Å². The maximum absolute atomic E-state index is 11.9. The van der Waals surface area contributed by atoms with Crippen molar-refractivity contribution in [3.63, 3.8) is 0 Å². The number of carbonyl (C=O) groups excluding carboxylic acids is 1. The number of hydrogen-bond acceptors (Lipinski definition) is 7. The summed E-state index contributed by atoms with van der Waals surface area (Å²) in [5, 5.41) is 0. The van der Waals surface area contributed by atoms with E-state index in [9.17, 15) is 21.6 Å². The van der Waals surface area contributed by atoms with E-state index in [-0.39, 0.29) is 37.4 Å². The molecule has 1 saturated heterocycles. The highest BCUT2D eigenvalue weighted by Gasteiger charge is 2.31. The fourth-order valence-corrected chi connectivity index (χ4v) is 7.91. The number of fused-ring (bicyclic) bond motifs is 1. The van der Waals surface area contributed by atoms with Gasteiger partial charge in [-0.05, 0) is 96.3 Å². The lowest BCUT2D eigenvalue weighted by Gasteiger charge is -2.23. The zero-order chi connectivity index (χ0) is 29.4. The Morgan fingerprint density at radius 2 is 1.69 bits per heavy atom. The van der Waals surface area contributed by atoms with Crippen LogP contribution in [0.2, 0.25) is 0 Å². The summed E-state index contributed by atoms with van der Waals surface area (Å²) in [5.41, 5.74) is 7.76. The van der Waals surface area contributed by atoms with Crippen LogP contribution in [0.4, 0.5) is 0 Å². The Hall–Kier alpha value is -3.37. The van der Waals surface area contributed by atoms with Crippen LogP contribution in [0.5, 0.6) is 11.5 Å². The zero-order valence-corrected chi connectivity index (χ0v) is 25.1. The van der Waals surface area contributed by atoms with Gasteiger partial charge in [0, 0.05) is 18.6 Å². The lowest BCUT2D eigenvalue weighted by molar-refractivity contribution is -0.119. The van der Waals surface area contributed by atoms with E-state index >= 15 is 0 Å². The summed E-state index contributed by atoms with van der Waals surface area (Å²) < 4.78 is 61.0. The van der Waals surface area contributed by atoms with E-state index in [2.05, 4.69) is 32.0 Å². The van der Waals surface area contributed by atoms with Gasteiger partial charge in [-0.3, -0.25) is 9.52 Å². The first-order chi connectivity index (χ1) is 19.4. The summed E-state index contributed by atoms with van der Waals surface area (Å²) in [6.07, 6.45) is 3.45. The summed E-state index contributed by atoms with van der Waals surface area (Å²) in [6, 6.07) is 17.7. The van der Waals surface area contributed by atoms with Gasteiger partial charge in [0.05, 0.1) is 18.1 Å². The Balaban J connectivity index is 0.00000405. The van der Waals surface area contributed by atoms with Crippen LogP contribution < -0.4 is 14.2 Å². The van der Waals surface area contributed by atoms with Crippen molar-refractivity contribution in [1.82, 2.24) is 4.72 Å². The topological polar surface area (TPSA) is 116 Å². The second-order valence-corrected chi connectivity index (χ2v) is 15.1. The minimum absolute atomic E-state index is 0. The summed E-state index contributed by atoms with van der Waals surface area (Å²) in [4.78, 5) is 11.8. The van der Waals surface area contributed by atoms with Gasteiger partial charge in [0.25, 0.3) is 0 Å². The van der Waals surface area contributed by atoms with E-state index in [1.165, 1.54) is 22.9 Å². The standard InChI is InChI=1S/C31H35NO7S2.CH4/c1-20-16-25(38-14-5-15-40(3,34)35)17-21(2)31(20)28-7-4-6-27-26(28)12-13-29(27)39-24-10-8-22(9-11-24)23-18-30(33)32-41(36,37)19-23;/h4,6-11,16-17,23,29H,5,12-15,18-19H2,1-3H3,(H,32,33);1H4/t23?,29-;/m1./s1. The molecule has 5 rings (SSSR count). The fourth-order valence-electron chi connectivity index (χ4n) is 5.92. The van der Waals surface area contributed by atoms with Gasteiger partial charge >= 0.3 is 0 Å². The van der Waals surface area contributed by atoms with Crippen LogP contribution in [0.15, 0.2) is 54.6 Å². The minimum atomic E-state index is -3.60. The Bertz CT molecular complexity index is 1660. The molecule has 226 valence electrons. The monoisotopic (exact) mass is 613 g/mol. The summed E-state index contributed by atoms with van der Waals surface area (Å²) >= 11 is 0. The first-order valence-electron chi connectivity index (χ1n) is 13.7. The highest BCUT2D eigenvalue weighted by atomic mass is 32.2. The number of sulfonamides is 1. The normalized spacial score (nSPS) is 19.4. The van der Waals surface area contributed by atoms with Crippen LogP contribution in [0, 0.1) is 13.8 Å². The van der Waals surface area contributed by atoms with E-state index in [0.29, 0.717) is 18.8 Å². The molecule has 1 aliphatic carbocycles. The van der Waals surface area contributed by atoms with Gasteiger partial charge in [-0.1, -0.05) is 37.8 Å². The maximum atomic E-state index is 11.9. The molecule has 8 nitrogen and oxygen atoms in total. The number of amides is 1. The smallest absolute Gasteiger partial charge is 0.235 e. The van der Waals surface area contributed by atoms with Crippen LogP contribution in [0.3, 0.4) is 0 Å². The number of benzene rings is 3. The van der Waals surface area contributed by atoms with Crippen molar-refractivity contribution in [3.8, 4) is 22.6 Å². The second kappa shape index (κ2) is 12.5. The van der Waals surface area contributed by atoms with Gasteiger partial charge in [-0.15, -0.1) is 0 Å². The third kappa shape index (κ3) is 7.33. The van der Waals surface area contributed by atoms with Crippen molar-refractivity contribution in [2.24, 2.45) is 0 Å². The first kappa shape index (κ1) is 31.6. The van der Waals surface area contributed by atoms with Gasteiger partial charge in [-0.25, -0.2) is 16.8 Å². The highest BCUT2D eigenvalue weighted by molar-refractivity contribution is 7.90. The van der Waals surface area contributed by atoms with E-state index in [0.717, 1.165) is 40.8 Å². The van der Waals surface area contributed by atoms with E-state index in [1.807, 2.05) is 41.1 Å². The van der Waals surface area contributed by atoms with Crippen molar-refractivity contribution >= 4 is 25.8 Å². The van der Waals surface area contributed by atoms with Gasteiger partial charge in [-0.2, -0.15) is 0 Å². The highest BCUT2D eigenvalue weighted by Crippen LogP contribution is 2.42. The third-order valence-corrected chi connectivity index (χ3v) is 10.1. The van der Waals surface area contributed by atoms with Crippen LogP contribution >= 0.6 is 0 Å². The largest absolute Gasteiger partial charge is 0.494 e. The van der Waals surface area contributed by atoms with Gasteiger partial charge in [0.15, 0.2) is 0 Å². The van der Waals surface area contributed by atoms with Gasteiger partial charge < -0.3 is 9.47 Å². The second-order valence-electron chi connectivity index (χ2n) is 11.1. The van der Waals surface area contributed by atoms with Crippen molar-refractivity contribution in [2.75, 3.05) is 24.4 Å². The minimum Gasteiger partial charge on any atom is -0.494 e. The summed E-state index contributed by atoms with van der Waals surface area (Å²) in [6.45, 7) is 4.48. The molecule has 0 saturated carbocycles. The predicted octanol–water partition coefficient (Wildman–Crippen LogP) is 5.42. The molecular formula is C32H39NO7S2. The molecule has 3 aromatic rings. The van der Waals surface area contributed by atoms with Crippen molar-refractivity contribution in [3.05, 3.63) is 82.4 Å². The molecule has 1 heterocycles. The number of carbonyl (C=O) groups is 1. The number of ether oxygens (including phenoxy) is 2. The maximum Gasteiger partial charge on any atom is 0.235 e. The molecule has 0 radical (unpaired) electrons. The number of sulfone groups is 1. The average Bonchev–Trinajstić information content (AvgIpc) is 3.28. The van der Waals surface area contributed by atoms with Gasteiger partial charge in [0.1, 0.15) is 27.4 Å². The summed E-state index contributed by atoms with van der Waals surface area (Å²) in [5.74, 6) is 0.597. The molecule has 0 aromatic heterocycles. The molecule has 2 atom stereocenters. The van der Waals surface area contributed by atoms with Crippen molar-refractivity contribution < 1.29 is 31.1 Å². The molecule has 10 heteroatoms. The molecule has 0 spiro atoms. The molecule has 42 heavy (non-hydrogen) atoms. The molecule has 2 aliphatic rings. The van der Waals surface area contributed by atoms with Crippen LogP contribution in [0.1, 0.15) is 66.5 Å². The van der Waals surface area contributed by atoms with Crippen LogP contribution in [0.25, 0.3) is 11.1 Å². The molecule has 1 N–H and O–H groups in total. The number of aryl methyl sites for hydroxylation is 2. The first-order valence-corrected chi connectivity index (χ1v) is 17.4.